The van der Waals surface area contributed by atoms with E-state index in [1.807, 2.05) is 12.1 Å². The zero-order valence-corrected chi connectivity index (χ0v) is 16.1. The molecule has 0 bridgehead atoms. The first-order valence-corrected chi connectivity index (χ1v) is 9.31. The molecule has 0 saturated heterocycles. The van der Waals surface area contributed by atoms with Gasteiger partial charge in [-0.3, -0.25) is 14.4 Å². The maximum atomic E-state index is 13.0. The summed E-state index contributed by atoms with van der Waals surface area (Å²) in [5.41, 5.74) is 0.779. The molecule has 6 heteroatoms. The second kappa shape index (κ2) is 7.84. The van der Waals surface area contributed by atoms with Crippen LogP contribution in [0.3, 0.4) is 0 Å². The summed E-state index contributed by atoms with van der Waals surface area (Å²) in [6.07, 6.45) is 1.91. The smallest absolute Gasteiger partial charge is 0.329 e. The molecule has 0 radical (unpaired) electrons. The zero-order valence-electron chi connectivity index (χ0n) is 16.1. The Kier molecular flexibility index (Phi) is 5.49. The Bertz CT molecular complexity index is 905. The van der Waals surface area contributed by atoms with Gasteiger partial charge in [0.1, 0.15) is 0 Å². The zero-order chi connectivity index (χ0) is 20.3. The fraction of sp³-hybridized carbons (Fsp3) is 0.318. The summed E-state index contributed by atoms with van der Waals surface area (Å²) >= 11 is 0. The van der Waals surface area contributed by atoms with Crippen LogP contribution in [-0.4, -0.2) is 35.5 Å². The minimum absolute atomic E-state index is 0.155. The molecule has 2 aromatic rings. The highest BCUT2D eigenvalue weighted by molar-refractivity contribution is 6.10. The van der Waals surface area contributed by atoms with Gasteiger partial charge in [0.15, 0.2) is 0 Å². The van der Waals surface area contributed by atoms with Gasteiger partial charge >= 0.3 is 11.9 Å². The Morgan fingerprint density at radius 3 is 2.18 bits per heavy atom. The van der Waals surface area contributed by atoms with Gasteiger partial charge in [0.2, 0.25) is 11.2 Å². The summed E-state index contributed by atoms with van der Waals surface area (Å²) < 4.78 is 12.1. The third-order valence-electron chi connectivity index (χ3n) is 5.02. The predicted molar refractivity (Wildman–Crippen MR) is 104 cm³/mol. The summed E-state index contributed by atoms with van der Waals surface area (Å²) in [7, 11) is 0. The van der Waals surface area contributed by atoms with Gasteiger partial charge in [-0.25, -0.2) is 0 Å². The average molecular weight is 381 g/mol. The molecule has 0 spiro atoms. The number of fused-ring (bicyclic) bond motifs is 1. The summed E-state index contributed by atoms with van der Waals surface area (Å²) in [6.45, 7) is 7.74. The molecule has 1 aliphatic heterocycles. The number of benzene rings is 1. The molecule has 2 heterocycles. The van der Waals surface area contributed by atoms with Crippen LogP contribution in [-0.2, 0) is 31.0 Å². The highest BCUT2D eigenvalue weighted by atomic mass is 16.6. The maximum absolute atomic E-state index is 13.0. The lowest BCUT2D eigenvalue weighted by Crippen LogP contribution is -2.44. The van der Waals surface area contributed by atoms with E-state index in [0.29, 0.717) is 23.5 Å². The first-order chi connectivity index (χ1) is 13.5. The van der Waals surface area contributed by atoms with Crippen LogP contribution in [0.1, 0.15) is 47.6 Å². The Hall–Kier alpha value is -3.15. The number of ketones is 1. The Labute approximate surface area is 163 Å². The van der Waals surface area contributed by atoms with Gasteiger partial charge in [-0.05, 0) is 38.0 Å². The number of nitrogens with zero attached hydrogens (tertiary/aromatic N) is 1. The van der Waals surface area contributed by atoms with Gasteiger partial charge < -0.3 is 14.0 Å². The first kappa shape index (κ1) is 19.6. The molecule has 0 N–H and O–H groups in total. The van der Waals surface area contributed by atoms with Gasteiger partial charge in [-0.15, -0.1) is 0 Å². The van der Waals surface area contributed by atoms with Crippen molar-refractivity contribution in [3.63, 3.8) is 0 Å². The maximum Gasteiger partial charge on any atom is 0.329 e. The molecule has 1 aromatic heterocycles. The van der Waals surface area contributed by atoms with E-state index in [4.69, 9.17) is 9.47 Å². The summed E-state index contributed by atoms with van der Waals surface area (Å²) in [6, 6.07) is 10.4. The molecule has 6 nitrogen and oxygen atoms in total. The number of hydrogen-bond donors (Lipinski definition) is 0. The van der Waals surface area contributed by atoms with Crippen molar-refractivity contribution < 1.29 is 23.9 Å². The third-order valence-corrected chi connectivity index (χ3v) is 5.02. The largest absolute Gasteiger partial charge is 0.465 e. The number of carbonyl (C=O) groups excluding carboxylic acids is 3. The minimum atomic E-state index is -1.53. The number of rotatable bonds is 7. The number of ether oxygens (including phenoxy) is 2. The van der Waals surface area contributed by atoms with Crippen molar-refractivity contribution in [1.29, 1.82) is 0 Å². The molecule has 146 valence electrons. The van der Waals surface area contributed by atoms with Crippen LogP contribution in [0.15, 0.2) is 43.0 Å². The van der Waals surface area contributed by atoms with Gasteiger partial charge in [0.05, 0.1) is 18.9 Å². The van der Waals surface area contributed by atoms with E-state index in [9.17, 15) is 14.4 Å². The van der Waals surface area contributed by atoms with Crippen LogP contribution in [0, 0.1) is 0 Å². The quantitative estimate of drug-likeness (QED) is 0.418. The monoisotopic (exact) mass is 381 g/mol. The molecule has 1 aromatic carbocycles. The van der Waals surface area contributed by atoms with Crippen molar-refractivity contribution in [2.24, 2.45) is 0 Å². The van der Waals surface area contributed by atoms with E-state index in [1.165, 1.54) is 0 Å². The third kappa shape index (κ3) is 3.05. The fourth-order valence-electron chi connectivity index (χ4n) is 3.61. The van der Waals surface area contributed by atoms with Gasteiger partial charge in [-0.2, -0.15) is 0 Å². The van der Waals surface area contributed by atoms with Crippen molar-refractivity contribution in [1.82, 2.24) is 4.57 Å². The number of hydrogen-bond acceptors (Lipinski definition) is 5. The summed E-state index contributed by atoms with van der Waals surface area (Å²) in [4.78, 5) is 38.5. The van der Waals surface area contributed by atoms with Gasteiger partial charge in [0, 0.05) is 17.8 Å². The molecule has 0 unspecified atom stereocenters. The number of esters is 2. The standard InChI is InChI=1S/C22H23NO5/c1-4-15-7-9-16(10-8-15)19(24)17-11-12-18-22(13-14-23(17)18,20(25)27-5-2)21(26)28-6-3/h4,7-12H,1,5-6,13-14H2,2-3H3. The first-order valence-electron chi connectivity index (χ1n) is 9.31. The average Bonchev–Trinajstić information content (AvgIpc) is 3.29. The lowest BCUT2D eigenvalue weighted by atomic mass is 9.83. The molecule has 0 aliphatic carbocycles. The highest BCUT2D eigenvalue weighted by Crippen LogP contribution is 2.39. The highest BCUT2D eigenvalue weighted by Gasteiger charge is 2.55. The molecular weight excluding hydrogens is 358 g/mol. The topological polar surface area (TPSA) is 74.6 Å². The second-order valence-corrected chi connectivity index (χ2v) is 6.51. The van der Waals surface area contributed by atoms with Crippen LogP contribution >= 0.6 is 0 Å². The van der Waals surface area contributed by atoms with Crippen LogP contribution in [0.5, 0.6) is 0 Å². The normalized spacial score (nSPS) is 14.2. The molecule has 0 fully saturated rings. The molecule has 0 atom stereocenters. The van der Waals surface area contributed by atoms with E-state index in [-0.39, 0.29) is 25.4 Å². The van der Waals surface area contributed by atoms with Crippen molar-refractivity contribution in [2.45, 2.75) is 32.2 Å². The van der Waals surface area contributed by atoms with Crippen molar-refractivity contribution in [3.05, 3.63) is 65.5 Å². The van der Waals surface area contributed by atoms with Crippen molar-refractivity contribution >= 4 is 23.8 Å². The van der Waals surface area contributed by atoms with Crippen LogP contribution in [0.25, 0.3) is 6.08 Å². The van der Waals surface area contributed by atoms with Crippen molar-refractivity contribution in [3.8, 4) is 0 Å². The Morgan fingerprint density at radius 2 is 1.64 bits per heavy atom. The van der Waals surface area contributed by atoms with Crippen LogP contribution in [0.4, 0.5) is 0 Å². The second-order valence-electron chi connectivity index (χ2n) is 6.51. The van der Waals surface area contributed by atoms with Crippen molar-refractivity contribution in [2.75, 3.05) is 13.2 Å². The number of aromatic nitrogens is 1. The van der Waals surface area contributed by atoms with Crippen LogP contribution < -0.4 is 0 Å². The van der Waals surface area contributed by atoms with Crippen LogP contribution in [0.2, 0.25) is 0 Å². The summed E-state index contributed by atoms with van der Waals surface area (Å²) in [5, 5.41) is 0. The molecule has 28 heavy (non-hydrogen) atoms. The molecule has 0 saturated carbocycles. The minimum Gasteiger partial charge on any atom is -0.465 e. The van der Waals surface area contributed by atoms with E-state index in [2.05, 4.69) is 6.58 Å². The summed E-state index contributed by atoms with van der Waals surface area (Å²) in [5.74, 6) is -1.45. The lowest BCUT2D eigenvalue weighted by molar-refractivity contribution is -0.164. The van der Waals surface area contributed by atoms with E-state index in [1.54, 1.807) is 48.8 Å². The fourth-order valence-corrected chi connectivity index (χ4v) is 3.61. The number of carbonyl (C=O) groups is 3. The van der Waals surface area contributed by atoms with E-state index < -0.39 is 17.4 Å². The molecular formula is C22H23NO5. The van der Waals surface area contributed by atoms with E-state index in [0.717, 1.165) is 5.56 Å². The lowest BCUT2D eigenvalue weighted by Gasteiger charge is -2.23. The molecule has 0 amide bonds. The Balaban J connectivity index is 2.02. The molecule has 3 rings (SSSR count). The Morgan fingerprint density at radius 1 is 1.04 bits per heavy atom. The molecule has 1 aliphatic rings. The predicted octanol–water partition coefficient (Wildman–Crippen LogP) is 3.13. The van der Waals surface area contributed by atoms with E-state index >= 15 is 0 Å². The van der Waals surface area contributed by atoms with Gasteiger partial charge in [-0.1, -0.05) is 36.9 Å². The van der Waals surface area contributed by atoms with Gasteiger partial charge in [0.25, 0.3) is 0 Å². The SMILES string of the molecule is C=Cc1ccc(C(=O)c2ccc3n2CCC3(C(=O)OCC)C(=O)OCC)cc1.